The number of nitrogens with zero attached hydrogens (tertiary/aromatic N) is 3. The number of aryl methyl sites for hydroxylation is 1. The lowest BCUT2D eigenvalue weighted by Crippen LogP contribution is -2.30. The second-order valence-corrected chi connectivity index (χ2v) is 6.63. The van der Waals surface area contributed by atoms with Crippen LogP contribution >= 0.6 is 12.2 Å². The summed E-state index contributed by atoms with van der Waals surface area (Å²) in [4.78, 5) is 27.4. The average molecular weight is 370 g/mol. The summed E-state index contributed by atoms with van der Waals surface area (Å²) in [6.07, 6.45) is 4.55. The molecule has 0 bridgehead atoms. The quantitative estimate of drug-likeness (QED) is 0.646. The minimum Gasteiger partial charge on any atom is -0.368 e. The second kappa shape index (κ2) is 6.92. The van der Waals surface area contributed by atoms with Crippen LogP contribution in [-0.2, 0) is 22.6 Å². The number of thiocarbonyl (C=S) groups is 1. The zero-order valence-corrected chi connectivity index (χ0v) is 16.0. The number of likely N-dealkylation sites (N-methyl/N-ethyl adjacent to an activating group) is 2. The van der Waals surface area contributed by atoms with Crippen LogP contribution < -0.4 is 5.73 Å². The lowest BCUT2D eigenvalue weighted by molar-refractivity contribution is -0.122. The Morgan fingerprint density at radius 1 is 1.31 bits per heavy atom. The third kappa shape index (κ3) is 2.88. The highest BCUT2D eigenvalue weighted by molar-refractivity contribution is 7.80. The molecule has 6 nitrogen and oxygen atoms in total. The van der Waals surface area contributed by atoms with Crippen molar-refractivity contribution in [3.8, 4) is 0 Å². The van der Waals surface area contributed by atoms with Crippen LogP contribution in [0.15, 0.2) is 30.1 Å². The predicted molar refractivity (Wildman–Crippen MR) is 106 cm³/mol. The maximum atomic E-state index is 12.7. The highest BCUT2D eigenvalue weighted by atomic mass is 32.1. The van der Waals surface area contributed by atoms with Crippen LogP contribution in [0.5, 0.6) is 0 Å². The lowest BCUT2D eigenvalue weighted by Gasteiger charge is -2.13. The van der Waals surface area contributed by atoms with Crippen molar-refractivity contribution in [1.82, 2.24) is 14.4 Å². The molecule has 0 unspecified atom stereocenters. The van der Waals surface area contributed by atoms with E-state index in [9.17, 15) is 9.59 Å². The Morgan fingerprint density at radius 3 is 2.62 bits per heavy atom. The van der Waals surface area contributed by atoms with Crippen LogP contribution in [0, 0.1) is 0 Å². The van der Waals surface area contributed by atoms with Gasteiger partial charge in [0.1, 0.15) is 12.2 Å². The topological polar surface area (TPSA) is 71.6 Å². The van der Waals surface area contributed by atoms with Gasteiger partial charge in [0, 0.05) is 30.7 Å². The van der Waals surface area contributed by atoms with Crippen molar-refractivity contribution < 1.29 is 9.59 Å². The number of rotatable bonds is 5. The first kappa shape index (κ1) is 18.1. The summed E-state index contributed by atoms with van der Waals surface area (Å²) in [6, 6.07) is 6.02. The van der Waals surface area contributed by atoms with Gasteiger partial charge in [-0.2, -0.15) is 0 Å². The van der Waals surface area contributed by atoms with Gasteiger partial charge in [-0.1, -0.05) is 25.1 Å². The number of aromatic nitrogens is 1. The number of fused-ring (bicyclic) bond motifs is 1. The zero-order valence-electron chi connectivity index (χ0n) is 15.2. The van der Waals surface area contributed by atoms with Crippen molar-refractivity contribution >= 4 is 46.1 Å². The highest BCUT2D eigenvalue weighted by Gasteiger charge is 2.34. The molecule has 2 aromatic rings. The van der Waals surface area contributed by atoms with Crippen molar-refractivity contribution in [2.75, 3.05) is 13.6 Å². The molecule has 1 aliphatic rings. The van der Waals surface area contributed by atoms with Crippen LogP contribution in [0.3, 0.4) is 0 Å². The first-order valence-corrected chi connectivity index (χ1v) is 9.00. The number of hydrogen-bond donors (Lipinski definition) is 1. The van der Waals surface area contributed by atoms with Gasteiger partial charge in [0.05, 0.1) is 5.52 Å². The van der Waals surface area contributed by atoms with E-state index in [2.05, 4.69) is 6.92 Å². The molecule has 0 aliphatic carbocycles. The molecular formula is C19H22N4O2S. The molecule has 7 heteroatoms. The summed E-state index contributed by atoms with van der Waals surface area (Å²) >= 11 is 5.35. The minimum absolute atomic E-state index is 0.0972. The van der Waals surface area contributed by atoms with E-state index in [1.54, 1.807) is 16.8 Å². The summed E-state index contributed by atoms with van der Waals surface area (Å²) in [7, 11) is 1.79. The lowest BCUT2D eigenvalue weighted by atomic mass is 10.1. The zero-order chi connectivity index (χ0) is 19.0. The molecule has 1 aromatic carbocycles. The SMILES string of the molecule is CCc1cccc2c(/C=C3/C(=O)N(CC)C(=S)N3C)cn(CC(N)=O)c12. The maximum Gasteiger partial charge on any atom is 0.276 e. The van der Waals surface area contributed by atoms with E-state index in [-0.39, 0.29) is 12.5 Å². The Kier molecular flexibility index (Phi) is 4.82. The standard InChI is InChI=1S/C19H22N4O2S/c1-4-12-7-6-8-14-13(10-22(17(12)14)11-16(20)24)9-15-18(25)23(5-2)19(26)21(15)3/h6-10H,4-5,11H2,1-3H3,(H2,20,24)/b15-9-. The van der Waals surface area contributed by atoms with Crippen molar-refractivity contribution in [2.24, 2.45) is 5.73 Å². The van der Waals surface area contributed by atoms with Crippen LogP contribution in [0.2, 0.25) is 0 Å². The summed E-state index contributed by atoms with van der Waals surface area (Å²) in [6.45, 7) is 4.59. The fraction of sp³-hybridized carbons (Fsp3) is 0.316. The summed E-state index contributed by atoms with van der Waals surface area (Å²) < 4.78 is 1.86. The first-order chi connectivity index (χ1) is 12.4. The number of nitrogens with two attached hydrogens (primary N) is 1. The monoisotopic (exact) mass is 370 g/mol. The van der Waals surface area contributed by atoms with Crippen molar-refractivity contribution in [3.05, 3.63) is 41.2 Å². The highest BCUT2D eigenvalue weighted by Crippen LogP contribution is 2.29. The van der Waals surface area contributed by atoms with Crippen LogP contribution in [-0.4, -0.2) is 44.9 Å². The molecule has 2 heterocycles. The molecule has 3 rings (SSSR count). The molecule has 0 atom stereocenters. The Balaban J connectivity index is 2.19. The molecule has 2 amide bonds. The molecule has 1 aromatic heterocycles. The number of primary amides is 1. The second-order valence-electron chi connectivity index (χ2n) is 6.27. The van der Waals surface area contributed by atoms with Crippen molar-refractivity contribution in [2.45, 2.75) is 26.8 Å². The van der Waals surface area contributed by atoms with E-state index in [0.29, 0.717) is 17.4 Å². The third-order valence-electron chi connectivity index (χ3n) is 4.67. The van der Waals surface area contributed by atoms with E-state index in [1.807, 2.05) is 42.0 Å². The van der Waals surface area contributed by atoms with E-state index >= 15 is 0 Å². The molecule has 136 valence electrons. The summed E-state index contributed by atoms with van der Waals surface area (Å²) in [5.41, 5.74) is 8.92. The summed E-state index contributed by atoms with van der Waals surface area (Å²) in [5.74, 6) is -0.512. The third-order valence-corrected chi connectivity index (χ3v) is 5.17. The fourth-order valence-corrected chi connectivity index (χ4v) is 3.71. The predicted octanol–water partition coefficient (Wildman–Crippen LogP) is 2.11. The van der Waals surface area contributed by atoms with Gasteiger partial charge in [-0.3, -0.25) is 14.5 Å². The number of carbonyl (C=O) groups excluding carboxylic acids is 2. The fourth-order valence-electron chi connectivity index (χ4n) is 3.40. The molecule has 1 fully saturated rings. The number of para-hydroxylation sites is 1. The number of amides is 2. The van der Waals surface area contributed by atoms with Gasteiger partial charge in [0.15, 0.2) is 5.11 Å². The Morgan fingerprint density at radius 2 is 2.04 bits per heavy atom. The smallest absolute Gasteiger partial charge is 0.276 e. The van der Waals surface area contributed by atoms with Crippen LogP contribution in [0.1, 0.15) is 25.0 Å². The van der Waals surface area contributed by atoms with Crippen LogP contribution in [0.25, 0.3) is 17.0 Å². The number of hydrogen-bond acceptors (Lipinski definition) is 3. The van der Waals surface area contributed by atoms with Gasteiger partial charge in [0.2, 0.25) is 5.91 Å². The molecule has 1 saturated heterocycles. The molecule has 0 radical (unpaired) electrons. The van der Waals surface area contributed by atoms with Gasteiger partial charge in [-0.25, -0.2) is 0 Å². The van der Waals surface area contributed by atoms with Crippen molar-refractivity contribution in [1.29, 1.82) is 0 Å². The van der Waals surface area contributed by atoms with Gasteiger partial charge < -0.3 is 15.2 Å². The Hall–Kier alpha value is -2.67. The Labute approximate surface area is 157 Å². The number of carbonyl (C=O) groups is 2. The largest absolute Gasteiger partial charge is 0.368 e. The van der Waals surface area contributed by atoms with Gasteiger partial charge >= 0.3 is 0 Å². The maximum absolute atomic E-state index is 12.7. The molecule has 0 spiro atoms. The van der Waals surface area contributed by atoms with Crippen LogP contribution in [0.4, 0.5) is 0 Å². The molecule has 1 aliphatic heterocycles. The van der Waals surface area contributed by atoms with E-state index in [0.717, 1.165) is 28.5 Å². The van der Waals surface area contributed by atoms with Gasteiger partial charge in [0.25, 0.3) is 5.91 Å². The first-order valence-electron chi connectivity index (χ1n) is 8.59. The van der Waals surface area contributed by atoms with E-state index in [1.165, 1.54) is 0 Å². The van der Waals surface area contributed by atoms with E-state index in [4.69, 9.17) is 18.0 Å². The van der Waals surface area contributed by atoms with E-state index < -0.39 is 5.91 Å². The van der Waals surface area contributed by atoms with Crippen molar-refractivity contribution in [3.63, 3.8) is 0 Å². The van der Waals surface area contributed by atoms with Gasteiger partial charge in [-0.05, 0) is 37.2 Å². The summed E-state index contributed by atoms with van der Waals surface area (Å²) in [5, 5.41) is 1.49. The minimum atomic E-state index is -0.403. The molecule has 26 heavy (non-hydrogen) atoms. The Bertz CT molecular complexity index is 944. The average Bonchev–Trinajstić information content (AvgIpc) is 3.05. The molecule has 2 N–H and O–H groups in total. The van der Waals surface area contributed by atoms with Gasteiger partial charge in [-0.15, -0.1) is 0 Å². The normalized spacial score (nSPS) is 16.3. The molecule has 0 saturated carbocycles. The molecular weight excluding hydrogens is 348 g/mol. The number of benzene rings is 1.